The Kier molecular flexibility index (Phi) is 5.46. The minimum Gasteiger partial charge on any atom is -0.393 e. The molecule has 0 spiro atoms. The van der Waals surface area contributed by atoms with E-state index in [2.05, 4.69) is 5.32 Å². The third kappa shape index (κ3) is 3.68. The normalized spacial score (nSPS) is 12.0. The van der Waals surface area contributed by atoms with Crippen LogP contribution in [0.3, 0.4) is 0 Å². The average molecular weight is 332 g/mol. The number of benzene rings is 1. The summed E-state index contributed by atoms with van der Waals surface area (Å²) in [6, 6.07) is 8.88. The van der Waals surface area contributed by atoms with E-state index < -0.39 is 6.10 Å². The lowest BCUT2D eigenvalue weighted by Gasteiger charge is -2.18. The van der Waals surface area contributed by atoms with Gasteiger partial charge in [0.05, 0.1) is 17.5 Å². The van der Waals surface area contributed by atoms with E-state index in [-0.39, 0.29) is 17.3 Å². The van der Waals surface area contributed by atoms with Gasteiger partial charge in [0.1, 0.15) is 5.69 Å². The summed E-state index contributed by atoms with van der Waals surface area (Å²) in [7, 11) is 3.41. The quantitative estimate of drug-likeness (QED) is 0.875. The van der Waals surface area contributed by atoms with Gasteiger partial charge in [0.25, 0.3) is 5.56 Å². The van der Waals surface area contributed by atoms with Gasteiger partial charge in [0.15, 0.2) is 0 Å². The molecule has 7 nitrogen and oxygen atoms in total. The molecule has 2 rings (SSSR count). The van der Waals surface area contributed by atoms with E-state index in [4.69, 9.17) is 0 Å². The number of hydrogen-bond donors (Lipinski definition) is 2. The Labute approximate surface area is 141 Å². The van der Waals surface area contributed by atoms with Gasteiger partial charge in [-0.1, -0.05) is 18.2 Å². The molecular formula is C17H24N4O3. The van der Waals surface area contributed by atoms with Gasteiger partial charge in [-0.2, -0.15) is 0 Å². The summed E-state index contributed by atoms with van der Waals surface area (Å²) in [6.07, 6.45) is 0.000355. The Morgan fingerprint density at radius 1 is 1.33 bits per heavy atom. The van der Waals surface area contributed by atoms with Crippen LogP contribution in [0.1, 0.15) is 19.0 Å². The third-order valence-corrected chi connectivity index (χ3v) is 4.02. The second-order valence-corrected chi connectivity index (χ2v) is 5.93. The largest absolute Gasteiger partial charge is 0.393 e. The Balaban J connectivity index is 2.26. The molecule has 1 heterocycles. The van der Waals surface area contributed by atoms with E-state index >= 15 is 0 Å². The first-order chi connectivity index (χ1) is 11.3. The van der Waals surface area contributed by atoms with E-state index in [9.17, 15) is 14.7 Å². The zero-order chi connectivity index (χ0) is 17.9. The molecule has 2 amide bonds. The summed E-state index contributed by atoms with van der Waals surface area (Å²) in [5, 5.41) is 12.0. The van der Waals surface area contributed by atoms with Crippen molar-refractivity contribution in [2.45, 2.75) is 26.4 Å². The molecule has 2 N–H and O–H groups in total. The van der Waals surface area contributed by atoms with E-state index in [0.29, 0.717) is 18.7 Å². The lowest BCUT2D eigenvalue weighted by molar-refractivity contribution is 0.167. The van der Waals surface area contributed by atoms with Crippen LogP contribution in [0.4, 0.5) is 10.5 Å². The topological polar surface area (TPSA) is 79.5 Å². The SMILES string of the molecule is Cc1c(NC(=O)N(C)CCC(C)O)c(=O)n(-c2ccccc2)n1C. The Morgan fingerprint density at radius 2 is 1.96 bits per heavy atom. The number of nitrogens with one attached hydrogen (secondary N) is 1. The zero-order valence-corrected chi connectivity index (χ0v) is 14.5. The zero-order valence-electron chi connectivity index (χ0n) is 14.5. The molecule has 0 aliphatic rings. The smallest absolute Gasteiger partial charge is 0.321 e. The van der Waals surface area contributed by atoms with Crippen LogP contribution < -0.4 is 10.9 Å². The number of anilines is 1. The molecule has 7 heteroatoms. The Bertz CT molecular complexity index is 762. The van der Waals surface area contributed by atoms with E-state index in [1.54, 1.807) is 32.6 Å². The second-order valence-electron chi connectivity index (χ2n) is 5.93. The third-order valence-electron chi connectivity index (χ3n) is 4.02. The number of urea groups is 1. The van der Waals surface area contributed by atoms with Crippen molar-refractivity contribution in [3.05, 3.63) is 46.4 Å². The summed E-state index contributed by atoms with van der Waals surface area (Å²) >= 11 is 0. The highest BCUT2D eigenvalue weighted by molar-refractivity contribution is 5.89. The van der Waals surface area contributed by atoms with Crippen LogP contribution in [0.25, 0.3) is 5.69 Å². The molecule has 1 atom stereocenters. The molecule has 24 heavy (non-hydrogen) atoms. The molecule has 2 aromatic rings. The molecule has 0 bridgehead atoms. The van der Waals surface area contributed by atoms with Gasteiger partial charge >= 0.3 is 6.03 Å². The minimum absolute atomic E-state index is 0.259. The van der Waals surface area contributed by atoms with E-state index in [1.807, 2.05) is 30.3 Å². The summed E-state index contributed by atoms with van der Waals surface area (Å²) in [4.78, 5) is 26.4. The van der Waals surface area contributed by atoms with Crippen LogP contribution in [0.2, 0.25) is 0 Å². The van der Waals surface area contributed by atoms with Gasteiger partial charge in [0, 0.05) is 20.6 Å². The van der Waals surface area contributed by atoms with Crippen LogP contribution in [-0.4, -0.2) is 45.1 Å². The van der Waals surface area contributed by atoms with Gasteiger partial charge < -0.3 is 15.3 Å². The second kappa shape index (κ2) is 7.35. The van der Waals surface area contributed by atoms with Gasteiger partial charge in [-0.3, -0.25) is 9.48 Å². The van der Waals surface area contributed by atoms with Crippen LogP contribution >= 0.6 is 0 Å². The van der Waals surface area contributed by atoms with Gasteiger partial charge in [-0.05, 0) is 32.4 Å². The molecule has 0 aliphatic carbocycles. The molecule has 0 saturated heterocycles. The summed E-state index contributed by atoms with van der Waals surface area (Å²) in [5.41, 5.74) is 1.38. The first kappa shape index (κ1) is 17.8. The monoisotopic (exact) mass is 332 g/mol. The highest BCUT2D eigenvalue weighted by Crippen LogP contribution is 2.14. The maximum absolute atomic E-state index is 12.7. The molecule has 0 fully saturated rings. The number of para-hydroxylation sites is 1. The Morgan fingerprint density at radius 3 is 2.54 bits per heavy atom. The highest BCUT2D eigenvalue weighted by atomic mass is 16.3. The number of aliphatic hydroxyl groups is 1. The number of rotatable bonds is 5. The van der Waals surface area contributed by atoms with Crippen LogP contribution in [0.15, 0.2) is 35.1 Å². The number of amides is 2. The fourth-order valence-electron chi connectivity index (χ4n) is 2.40. The van der Waals surface area contributed by atoms with Crippen molar-refractivity contribution in [1.29, 1.82) is 0 Å². The van der Waals surface area contributed by atoms with Crippen molar-refractivity contribution >= 4 is 11.7 Å². The first-order valence-corrected chi connectivity index (χ1v) is 7.87. The van der Waals surface area contributed by atoms with Crippen LogP contribution in [-0.2, 0) is 7.05 Å². The highest BCUT2D eigenvalue weighted by Gasteiger charge is 2.19. The summed E-state index contributed by atoms with van der Waals surface area (Å²) in [6.45, 7) is 3.86. The molecule has 1 aromatic carbocycles. The van der Waals surface area contributed by atoms with E-state index in [0.717, 1.165) is 5.69 Å². The fraction of sp³-hybridized carbons (Fsp3) is 0.412. The van der Waals surface area contributed by atoms with Crippen molar-refractivity contribution in [3.63, 3.8) is 0 Å². The van der Waals surface area contributed by atoms with Crippen molar-refractivity contribution in [1.82, 2.24) is 14.3 Å². The maximum atomic E-state index is 12.7. The molecule has 0 saturated carbocycles. The van der Waals surface area contributed by atoms with Crippen molar-refractivity contribution in [2.75, 3.05) is 18.9 Å². The molecule has 0 aliphatic heterocycles. The summed E-state index contributed by atoms with van der Waals surface area (Å²) < 4.78 is 3.23. The predicted octanol–water partition coefficient (Wildman–Crippen LogP) is 1.72. The van der Waals surface area contributed by atoms with Crippen molar-refractivity contribution in [2.24, 2.45) is 7.05 Å². The number of carbonyl (C=O) groups is 1. The fourth-order valence-corrected chi connectivity index (χ4v) is 2.40. The van der Waals surface area contributed by atoms with Crippen molar-refractivity contribution in [3.8, 4) is 5.69 Å². The minimum atomic E-state index is -0.478. The van der Waals surface area contributed by atoms with Crippen LogP contribution in [0, 0.1) is 6.92 Å². The summed E-state index contributed by atoms with van der Waals surface area (Å²) in [5.74, 6) is 0. The number of aliphatic hydroxyl groups excluding tert-OH is 1. The van der Waals surface area contributed by atoms with Crippen molar-refractivity contribution < 1.29 is 9.90 Å². The van der Waals surface area contributed by atoms with E-state index in [1.165, 1.54) is 9.58 Å². The number of nitrogens with zero attached hydrogens (tertiary/aromatic N) is 3. The molecule has 1 aromatic heterocycles. The lowest BCUT2D eigenvalue weighted by atomic mass is 10.3. The first-order valence-electron chi connectivity index (χ1n) is 7.87. The maximum Gasteiger partial charge on any atom is 0.321 e. The lowest BCUT2D eigenvalue weighted by Crippen LogP contribution is -2.35. The standard InChI is InChI=1S/C17H24N4O3/c1-12(22)10-11-19(3)17(24)18-15-13(2)20(4)21(16(15)23)14-8-6-5-7-9-14/h5-9,12,22H,10-11H2,1-4H3,(H,18,24). The number of hydrogen-bond acceptors (Lipinski definition) is 3. The van der Waals surface area contributed by atoms with Gasteiger partial charge in [-0.15, -0.1) is 0 Å². The molecule has 130 valence electrons. The Hall–Kier alpha value is -2.54. The van der Waals surface area contributed by atoms with Crippen LogP contribution in [0.5, 0.6) is 0 Å². The molecular weight excluding hydrogens is 308 g/mol. The molecule has 1 unspecified atom stereocenters. The van der Waals surface area contributed by atoms with Gasteiger partial charge in [0.2, 0.25) is 0 Å². The van der Waals surface area contributed by atoms with Gasteiger partial charge in [-0.25, -0.2) is 9.48 Å². The number of aromatic nitrogens is 2. The number of carbonyl (C=O) groups excluding carboxylic acids is 1. The molecule has 0 radical (unpaired) electrons. The predicted molar refractivity (Wildman–Crippen MR) is 93.7 cm³/mol. The average Bonchev–Trinajstić information content (AvgIpc) is 2.76.